The van der Waals surface area contributed by atoms with Gasteiger partial charge in [-0.2, -0.15) is 0 Å². The average Bonchev–Trinajstić information content (AvgIpc) is 1.59. The maximum Gasteiger partial charge on any atom is 0.498 e. The van der Waals surface area contributed by atoms with E-state index in [1.807, 2.05) is 148 Å². The number of benzene rings is 5. The van der Waals surface area contributed by atoms with Crippen molar-refractivity contribution in [2.45, 2.75) is 218 Å². The van der Waals surface area contributed by atoms with Crippen LogP contribution >= 0.6 is 11.6 Å². The first-order valence-corrected chi connectivity index (χ1v) is 35.0. The minimum atomic E-state index is -2.06. The van der Waals surface area contributed by atoms with Crippen molar-refractivity contribution in [3.63, 3.8) is 0 Å². The number of halogens is 4. The third-order valence-corrected chi connectivity index (χ3v) is 18.1. The Morgan fingerprint density at radius 2 is 0.991 bits per heavy atom. The molecular formula is C78H108B3ClF3N6O15. The van der Waals surface area contributed by atoms with Crippen LogP contribution in [0.3, 0.4) is 0 Å². The molecule has 2 fully saturated rings. The SMILES string of the molecule is CC1(C)O[B]OC1(C)C.COCC1CC=C(C(=O)NN(C(=O)c2cc(C)cc(C)c2)C(C)(C)C)C(F)=C1B(O)O.COCc1ccc(C(=O)Cl)c(F)c1.COCc1ccc(C(=O)NN(C(=O)c2cc(C)cc(C)c2)C(C)(C)C)c(F)c1B1OC(C)(C)C(C)(C)O1.Cc1cc(C)cc(C(=O)N(N)C(C)(C)C)c1. The van der Waals surface area contributed by atoms with Gasteiger partial charge in [0.15, 0.2) is 0 Å². The highest BCUT2D eigenvalue weighted by Gasteiger charge is 2.54. The van der Waals surface area contributed by atoms with Gasteiger partial charge in [0.25, 0.3) is 34.8 Å². The average molecular weight is 1490 g/mol. The maximum atomic E-state index is 16.1. The summed E-state index contributed by atoms with van der Waals surface area (Å²) in [6, 6.07) is 23.8. The lowest BCUT2D eigenvalue weighted by Gasteiger charge is -2.36. The van der Waals surface area contributed by atoms with E-state index in [2.05, 4.69) is 10.9 Å². The van der Waals surface area contributed by atoms with Crippen molar-refractivity contribution in [2.75, 3.05) is 27.9 Å². The molecule has 1 unspecified atom stereocenters. The minimum Gasteiger partial charge on any atom is -0.423 e. The predicted octanol–water partition coefficient (Wildman–Crippen LogP) is 12.8. The smallest absolute Gasteiger partial charge is 0.423 e. The van der Waals surface area contributed by atoms with E-state index in [4.69, 9.17) is 50.3 Å². The number of hydrazine groups is 3. The summed E-state index contributed by atoms with van der Waals surface area (Å²) in [5, 5.41) is 22.1. The van der Waals surface area contributed by atoms with E-state index in [1.165, 1.54) is 63.3 Å². The van der Waals surface area contributed by atoms with Crippen LogP contribution in [0.2, 0.25) is 0 Å². The van der Waals surface area contributed by atoms with Crippen molar-refractivity contribution < 1.29 is 84.8 Å². The number of nitrogens with one attached hydrogen (secondary N) is 2. The number of hydrogen-bond acceptors (Lipinski definition) is 16. The van der Waals surface area contributed by atoms with Gasteiger partial charge in [0.2, 0.25) is 0 Å². The summed E-state index contributed by atoms with van der Waals surface area (Å²) >= 11 is 5.13. The van der Waals surface area contributed by atoms with Crippen LogP contribution in [0.5, 0.6) is 0 Å². The van der Waals surface area contributed by atoms with Gasteiger partial charge in [-0.05, 0) is 243 Å². The van der Waals surface area contributed by atoms with Gasteiger partial charge in [-0.15, -0.1) is 0 Å². The summed E-state index contributed by atoms with van der Waals surface area (Å²) in [5.74, 6) is 0.220. The third kappa shape index (κ3) is 24.2. The molecule has 5 amide bonds. The van der Waals surface area contributed by atoms with Gasteiger partial charge in [-0.1, -0.05) is 69.8 Å². The number of carbonyl (C=O) groups excluding carboxylic acids is 6. The molecule has 0 bridgehead atoms. The first kappa shape index (κ1) is 90.9. The largest absolute Gasteiger partial charge is 0.498 e. The molecule has 1 radical (unpaired) electrons. The van der Waals surface area contributed by atoms with Crippen LogP contribution in [-0.2, 0) is 50.8 Å². The number of hydrogen-bond donors (Lipinski definition) is 5. The van der Waals surface area contributed by atoms with E-state index in [0.29, 0.717) is 34.4 Å². The number of rotatable bonds is 14. The summed E-state index contributed by atoms with van der Waals surface area (Å²) in [7, 11) is 2.77. The Balaban J connectivity index is 0.000000306. The Hall–Kier alpha value is -7.53. The maximum absolute atomic E-state index is 16.1. The van der Waals surface area contributed by atoms with Crippen molar-refractivity contribution >= 4 is 73.8 Å². The van der Waals surface area contributed by atoms with Crippen molar-refractivity contribution in [1.29, 1.82) is 0 Å². The van der Waals surface area contributed by atoms with Crippen LogP contribution in [0.4, 0.5) is 13.2 Å². The van der Waals surface area contributed by atoms with Gasteiger partial charge in [-0.25, -0.2) is 29.0 Å². The molecule has 2 heterocycles. The summed E-state index contributed by atoms with van der Waals surface area (Å²) in [6.07, 6.45) is 1.57. The summed E-state index contributed by atoms with van der Waals surface area (Å²) in [6.45, 7) is 43.9. The lowest BCUT2D eigenvalue weighted by Crippen LogP contribution is -2.56. The monoisotopic (exact) mass is 1490 g/mol. The Bertz CT molecular complexity index is 3960. The molecule has 1 aliphatic carbocycles. The molecule has 6 N–H and O–H groups in total. The van der Waals surface area contributed by atoms with Gasteiger partial charge in [0.1, 0.15) is 17.5 Å². The molecular weight excluding hydrogens is 1390 g/mol. The van der Waals surface area contributed by atoms with Gasteiger partial charge in [0.05, 0.1) is 75.5 Å². The molecule has 106 heavy (non-hydrogen) atoms. The highest BCUT2D eigenvalue weighted by Crippen LogP contribution is 2.38. The fourth-order valence-electron chi connectivity index (χ4n) is 10.9. The zero-order chi connectivity index (χ0) is 80.9. The van der Waals surface area contributed by atoms with E-state index in [0.717, 1.165) is 38.4 Å². The van der Waals surface area contributed by atoms with E-state index in [1.54, 1.807) is 77.9 Å². The van der Waals surface area contributed by atoms with Crippen molar-refractivity contribution in [3.8, 4) is 0 Å². The van der Waals surface area contributed by atoms with Crippen LogP contribution in [-0.4, -0.2) is 149 Å². The first-order valence-electron chi connectivity index (χ1n) is 34.6. The standard InChI is InChI=1S/C28H38BFN2O5.C22H30BFN2O5.C13H20N2O.C9H8ClFO2.C6H12BO2/c1-17-13-18(2)15-20(14-17)25(34)32(26(3,4)5)31-24(33)21-12-11-19(16-35-10)22(23(21)30)29-36-27(6,7)28(8,9)37-29;1-13-9-14(2)11-16(10-13)21(28)26(22(3,4)5)25-20(27)17-8-7-15(12-31-6)18(19(17)24)23(29)30;1-9-6-10(2)8-11(7-9)12(16)15(14)13(3,4)5;1-13-5-6-2-3-7(9(10)12)8(11)4-6;1-5(2)6(3,4)9-7-8-5/h11-15H,16H2,1-10H3,(H,31,33);8-11,15,29-30H,7,12H2,1-6H3,(H,25,27);6-8H,14H2,1-5H3;2-4H,5H2,1H3;1-4H3. The fourth-order valence-corrected chi connectivity index (χ4v) is 11.0. The number of nitrogens with zero attached hydrogens (tertiary/aromatic N) is 3. The van der Waals surface area contributed by atoms with Gasteiger partial charge in [-0.3, -0.25) is 44.6 Å². The van der Waals surface area contributed by atoms with E-state index in [-0.39, 0.29) is 69.9 Å². The summed E-state index contributed by atoms with van der Waals surface area (Å²) in [5.41, 5.74) is 8.99. The molecule has 8 rings (SSSR count). The molecule has 0 spiro atoms. The lowest BCUT2D eigenvalue weighted by molar-refractivity contribution is -0.123. The van der Waals surface area contributed by atoms with Crippen molar-refractivity contribution in [1.82, 2.24) is 25.9 Å². The Kier molecular flexibility index (Phi) is 31.8. The second-order valence-electron chi connectivity index (χ2n) is 31.5. The number of methoxy groups -OCH3 is 3. The summed E-state index contributed by atoms with van der Waals surface area (Å²) < 4.78 is 81.8. The second kappa shape index (κ2) is 37.1. The minimum absolute atomic E-state index is 0.0745. The zero-order valence-corrected chi connectivity index (χ0v) is 67.2. The second-order valence-corrected chi connectivity index (χ2v) is 31.9. The molecule has 28 heteroatoms. The zero-order valence-electron chi connectivity index (χ0n) is 66.4. The van der Waals surface area contributed by atoms with Crippen LogP contribution in [0.1, 0.15) is 220 Å². The van der Waals surface area contributed by atoms with Gasteiger partial charge < -0.3 is 42.9 Å². The van der Waals surface area contributed by atoms with Gasteiger partial charge >= 0.3 is 21.9 Å². The molecule has 2 aliphatic heterocycles. The first-order chi connectivity index (χ1) is 48.7. The normalized spacial score (nSPS) is 16.1. The van der Waals surface area contributed by atoms with Crippen LogP contribution in [0.25, 0.3) is 0 Å². The Morgan fingerprint density at radius 1 is 0.585 bits per heavy atom. The van der Waals surface area contributed by atoms with E-state index >= 15 is 8.78 Å². The molecule has 0 saturated carbocycles. The highest BCUT2D eigenvalue weighted by molar-refractivity contribution is 6.67. The number of ether oxygens (including phenoxy) is 3. The molecule has 0 aromatic heterocycles. The highest BCUT2D eigenvalue weighted by atomic mass is 35.5. The number of aryl methyl sites for hydroxylation is 6. The van der Waals surface area contributed by atoms with E-state index < -0.39 is 88.8 Å². The summed E-state index contributed by atoms with van der Waals surface area (Å²) in [4.78, 5) is 75.7. The number of nitrogens with two attached hydrogens (primary N) is 1. The Morgan fingerprint density at radius 3 is 1.34 bits per heavy atom. The molecule has 1 atom stereocenters. The molecule has 5 aromatic rings. The Labute approximate surface area is 630 Å². The van der Waals surface area contributed by atoms with Gasteiger partial charge in [0, 0.05) is 54.9 Å². The number of carbonyl (C=O) groups is 6. The molecule has 21 nitrogen and oxygen atoms in total. The molecule has 2 saturated heterocycles. The van der Waals surface area contributed by atoms with Crippen LogP contribution in [0.15, 0.2) is 108 Å². The van der Waals surface area contributed by atoms with Crippen LogP contribution in [0, 0.1) is 59.1 Å². The van der Waals surface area contributed by atoms with Crippen molar-refractivity contribution in [3.05, 3.63) is 192 Å². The van der Waals surface area contributed by atoms with Crippen LogP contribution < -0.4 is 22.2 Å². The lowest BCUT2D eigenvalue weighted by atomic mass is 9.67. The fraction of sp³-hybridized carbons (Fsp3) is 0.487. The quantitative estimate of drug-likeness (QED) is 0.0227. The number of amides is 5. The molecule has 3 aliphatic rings. The topological polar surface area (TPSA) is 267 Å². The molecule has 5 aromatic carbocycles. The number of allylic oxidation sites excluding steroid dienone is 1. The van der Waals surface area contributed by atoms with Crippen molar-refractivity contribution in [2.24, 2.45) is 11.8 Å². The van der Waals surface area contributed by atoms with E-state index in [9.17, 15) is 43.2 Å². The third-order valence-electron chi connectivity index (χ3n) is 17.9. The molecule has 577 valence electrons. The predicted molar refractivity (Wildman–Crippen MR) is 408 cm³/mol.